The van der Waals surface area contributed by atoms with E-state index in [4.69, 9.17) is 14.7 Å². The summed E-state index contributed by atoms with van der Waals surface area (Å²) in [7, 11) is 1.74. The van der Waals surface area contributed by atoms with E-state index < -0.39 is 6.61 Å². The van der Waals surface area contributed by atoms with Crippen LogP contribution in [0, 0.1) is 0 Å². The Morgan fingerprint density at radius 3 is 2.73 bits per heavy atom. The van der Waals surface area contributed by atoms with Gasteiger partial charge in [-0.05, 0) is 55.3 Å². The van der Waals surface area contributed by atoms with Crippen LogP contribution in [0.5, 0.6) is 5.75 Å². The van der Waals surface area contributed by atoms with Crippen LogP contribution in [0.15, 0.2) is 54.7 Å². The van der Waals surface area contributed by atoms with Gasteiger partial charge in [-0.1, -0.05) is 18.2 Å². The largest absolute Gasteiger partial charge is 0.434 e. The van der Waals surface area contributed by atoms with Gasteiger partial charge in [-0.25, -0.2) is 4.98 Å². The number of alkyl halides is 2. The number of rotatable bonds is 4. The molecule has 1 unspecified atom stereocenters. The van der Waals surface area contributed by atoms with E-state index in [1.165, 1.54) is 6.07 Å². The molecule has 3 aliphatic rings. The minimum atomic E-state index is -2.99. The molecule has 3 atom stereocenters. The van der Waals surface area contributed by atoms with Crippen molar-refractivity contribution >= 4 is 16.9 Å². The Balaban J connectivity index is 1.36. The number of amides is 1. The Morgan fingerprint density at radius 1 is 1.11 bits per heavy atom. The van der Waals surface area contributed by atoms with Gasteiger partial charge >= 0.3 is 6.61 Å². The van der Waals surface area contributed by atoms with Crippen molar-refractivity contribution in [3.05, 3.63) is 77.4 Å². The third-order valence-corrected chi connectivity index (χ3v) is 7.94. The first kappa shape index (κ1) is 22.4. The lowest BCUT2D eigenvalue weighted by Gasteiger charge is -2.24. The smallest absolute Gasteiger partial charge is 0.387 e. The lowest BCUT2D eigenvalue weighted by molar-refractivity contribution is -0.0507. The van der Waals surface area contributed by atoms with E-state index in [0.29, 0.717) is 23.6 Å². The van der Waals surface area contributed by atoms with E-state index in [0.717, 1.165) is 53.1 Å². The van der Waals surface area contributed by atoms with Crippen molar-refractivity contribution in [3.63, 3.8) is 0 Å². The number of ether oxygens (including phenoxy) is 1. The number of imidazole rings is 1. The minimum absolute atomic E-state index is 0.0334. The van der Waals surface area contributed by atoms with Gasteiger partial charge < -0.3 is 19.5 Å². The van der Waals surface area contributed by atoms with E-state index in [1.54, 1.807) is 24.1 Å². The lowest BCUT2D eigenvalue weighted by atomic mass is 9.97. The van der Waals surface area contributed by atoms with Gasteiger partial charge in [0.15, 0.2) is 0 Å². The third-order valence-electron chi connectivity index (χ3n) is 7.94. The van der Waals surface area contributed by atoms with Crippen LogP contribution in [0.3, 0.4) is 0 Å². The molecule has 1 amide bonds. The molecular formula is C28H25F2N5O2. The first-order valence-corrected chi connectivity index (χ1v) is 12.6. The first-order valence-electron chi connectivity index (χ1n) is 12.6. The number of carbonyl (C=O) groups excluding carboxylic acids is 1. The molecular weight excluding hydrogens is 476 g/mol. The number of nitrogens with zero attached hydrogens (tertiary/aromatic N) is 4. The average molecular weight is 502 g/mol. The van der Waals surface area contributed by atoms with E-state index in [-0.39, 0.29) is 23.7 Å². The summed E-state index contributed by atoms with van der Waals surface area (Å²) in [5.74, 6) is 0.571. The molecule has 0 radical (unpaired) electrons. The maximum Gasteiger partial charge on any atom is 0.387 e. The SMILES string of the molecule is CN1C(=O)c2cccc(OC(F)F)c2[C@H]2C[C@@H]1c1nc3ccc(-c4ccc(C5CCCN5)nc4)cc3n12. The Labute approximate surface area is 212 Å². The standard InChI is InChI=1S/C28H25F2N5O2/c1-34-23-13-22(25-17(27(34)36)4-2-6-24(25)37-28(29)30)35-21-12-15(7-10-20(21)33-26(23)35)16-8-9-19(32-14-16)18-5-3-11-31-18/h2,4,6-10,12,14,18,22-23,28,31H,3,5,11,13H2,1H3/t18?,22-,23-/m1/s1. The second kappa shape index (κ2) is 8.34. The van der Waals surface area contributed by atoms with Crippen LogP contribution in [0.4, 0.5) is 8.78 Å². The number of benzene rings is 2. The van der Waals surface area contributed by atoms with E-state index in [9.17, 15) is 13.6 Å². The zero-order chi connectivity index (χ0) is 25.3. The van der Waals surface area contributed by atoms with Crippen LogP contribution >= 0.6 is 0 Å². The molecule has 2 bridgehead atoms. The van der Waals surface area contributed by atoms with E-state index in [2.05, 4.69) is 28.1 Å². The van der Waals surface area contributed by atoms with Crippen molar-refractivity contribution in [1.82, 2.24) is 24.8 Å². The topological polar surface area (TPSA) is 72.3 Å². The van der Waals surface area contributed by atoms with Gasteiger partial charge in [-0.2, -0.15) is 8.78 Å². The monoisotopic (exact) mass is 501 g/mol. The maximum atomic E-state index is 13.3. The maximum absolute atomic E-state index is 13.3. The molecule has 7 rings (SSSR count). The summed E-state index contributed by atoms with van der Waals surface area (Å²) in [6.07, 6.45) is 4.70. The van der Waals surface area contributed by atoms with Crippen molar-refractivity contribution < 1.29 is 18.3 Å². The zero-order valence-corrected chi connectivity index (χ0v) is 20.2. The van der Waals surface area contributed by atoms with Gasteiger partial charge in [0, 0.05) is 42.4 Å². The number of pyridine rings is 1. The molecule has 4 aromatic rings. The molecule has 2 aromatic carbocycles. The zero-order valence-electron chi connectivity index (χ0n) is 20.2. The predicted molar refractivity (Wildman–Crippen MR) is 134 cm³/mol. The van der Waals surface area contributed by atoms with Gasteiger partial charge in [0.1, 0.15) is 11.6 Å². The summed E-state index contributed by atoms with van der Waals surface area (Å²) in [6.45, 7) is -1.96. The number of halogens is 2. The summed E-state index contributed by atoms with van der Waals surface area (Å²) in [5.41, 5.74) is 5.60. The van der Waals surface area contributed by atoms with Crippen LogP contribution in [0.2, 0.25) is 0 Å². The van der Waals surface area contributed by atoms with Crippen molar-refractivity contribution in [1.29, 1.82) is 0 Å². The molecule has 3 aliphatic heterocycles. The molecule has 0 saturated carbocycles. The summed E-state index contributed by atoms with van der Waals surface area (Å²) in [4.78, 5) is 24.5. The molecule has 7 nitrogen and oxygen atoms in total. The predicted octanol–water partition coefficient (Wildman–Crippen LogP) is 5.24. The van der Waals surface area contributed by atoms with Crippen LogP contribution in [0.1, 0.15) is 64.8 Å². The molecule has 1 fully saturated rings. The Kier molecular flexibility index (Phi) is 5.04. The molecule has 0 aliphatic carbocycles. The van der Waals surface area contributed by atoms with Crippen LogP contribution < -0.4 is 10.1 Å². The number of fused-ring (bicyclic) bond motifs is 9. The quantitative estimate of drug-likeness (QED) is 0.414. The Bertz CT molecular complexity index is 1530. The summed E-state index contributed by atoms with van der Waals surface area (Å²) < 4.78 is 33.6. The third kappa shape index (κ3) is 3.44. The molecule has 1 N–H and O–H groups in total. The fraction of sp³-hybridized carbons (Fsp3) is 0.321. The van der Waals surface area contributed by atoms with E-state index in [1.807, 2.05) is 18.3 Å². The molecule has 188 valence electrons. The first-order chi connectivity index (χ1) is 18.0. The summed E-state index contributed by atoms with van der Waals surface area (Å²) in [5, 5.41) is 3.48. The van der Waals surface area contributed by atoms with Gasteiger partial charge in [0.05, 0.1) is 28.8 Å². The van der Waals surface area contributed by atoms with Gasteiger partial charge in [0.25, 0.3) is 5.91 Å². The highest BCUT2D eigenvalue weighted by molar-refractivity contribution is 5.98. The van der Waals surface area contributed by atoms with Crippen LogP contribution in [-0.2, 0) is 0 Å². The molecule has 2 aromatic heterocycles. The Morgan fingerprint density at radius 2 is 1.97 bits per heavy atom. The molecule has 9 heteroatoms. The highest BCUT2D eigenvalue weighted by Crippen LogP contribution is 2.50. The van der Waals surface area contributed by atoms with Gasteiger partial charge in [-0.15, -0.1) is 0 Å². The van der Waals surface area contributed by atoms with Crippen LogP contribution in [-0.4, -0.2) is 45.5 Å². The van der Waals surface area contributed by atoms with Crippen molar-refractivity contribution in [2.75, 3.05) is 13.6 Å². The highest BCUT2D eigenvalue weighted by Gasteiger charge is 2.45. The lowest BCUT2D eigenvalue weighted by Crippen LogP contribution is -2.30. The number of carbonyl (C=O) groups is 1. The number of hydrogen-bond donors (Lipinski definition) is 1. The summed E-state index contributed by atoms with van der Waals surface area (Å²) >= 11 is 0. The van der Waals surface area contributed by atoms with E-state index >= 15 is 0 Å². The van der Waals surface area contributed by atoms with Crippen molar-refractivity contribution in [2.45, 2.75) is 44.0 Å². The number of nitrogens with one attached hydrogen (secondary N) is 1. The fourth-order valence-electron chi connectivity index (χ4n) is 6.18. The molecule has 5 heterocycles. The molecule has 37 heavy (non-hydrogen) atoms. The van der Waals surface area contributed by atoms with Crippen LogP contribution in [0.25, 0.3) is 22.2 Å². The second-order valence-corrected chi connectivity index (χ2v) is 9.94. The number of hydrogen-bond acceptors (Lipinski definition) is 5. The van der Waals surface area contributed by atoms with Gasteiger partial charge in [-0.3, -0.25) is 9.78 Å². The van der Waals surface area contributed by atoms with Crippen molar-refractivity contribution in [3.8, 4) is 16.9 Å². The van der Waals surface area contributed by atoms with Crippen molar-refractivity contribution in [2.24, 2.45) is 0 Å². The number of aromatic nitrogens is 3. The van der Waals surface area contributed by atoms with Gasteiger partial charge in [0.2, 0.25) is 0 Å². The highest BCUT2D eigenvalue weighted by atomic mass is 19.3. The normalized spacial score (nSPS) is 22.4. The minimum Gasteiger partial charge on any atom is -0.434 e. The summed E-state index contributed by atoms with van der Waals surface area (Å²) in [6, 6.07) is 14.7. The average Bonchev–Trinajstić information content (AvgIpc) is 3.62. The molecule has 1 saturated heterocycles. The Hall–Kier alpha value is -3.85. The fourth-order valence-corrected chi connectivity index (χ4v) is 6.18. The second-order valence-electron chi connectivity index (χ2n) is 9.94. The molecule has 0 spiro atoms.